The van der Waals surface area contributed by atoms with Crippen molar-refractivity contribution in [3.8, 4) is 11.5 Å². The average Bonchev–Trinajstić information content (AvgIpc) is 3.17. The second-order valence-corrected chi connectivity index (χ2v) is 11.0. The number of ether oxygens (including phenoxy) is 1. The molecule has 7 nitrogen and oxygen atoms in total. The number of nitrogens with zero attached hydrogens (tertiary/aromatic N) is 1. The van der Waals surface area contributed by atoms with Crippen LogP contribution in [0, 0.1) is 24.7 Å². The lowest BCUT2D eigenvalue weighted by atomic mass is 9.59. The monoisotopic (exact) mass is 543 g/mol. The van der Waals surface area contributed by atoms with Gasteiger partial charge in [-0.2, -0.15) is 0 Å². The number of Topliss-reactive ketones (excluding diaryl/α,β-unsaturated/α-hetero) is 1. The lowest BCUT2D eigenvalue weighted by Gasteiger charge is -2.42. The number of ketones is 2. The number of aryl methyl sites for hydroxylation is 1. The molecule has 198 valence electrons. The van der Waals surface area contributed by atoms with Crippen LogP contribution in [0.25, 0.3) is 0 Å². The van der Waals surface area contributed by atoms with E-state index in [4.69, 9.17) is 16.3 Å². The first-order valence-corrected chi connectivity index (χ1v) is 13.2. The lowest BCUT2D eigenvalue weighted by molar-refractivity contribution is -0.123. The molecule has 2 amide bonds. The third-order valence-corrected chi connectivity index (χ3v) is 8.95. The highest BCUT2D eigenvalue weighted by Gasteiger charge is 2.57. The molecule has 4 aliphatic rings. The van der Waals surface area contributed by atoms with Crippen LogP contribution in [0.1, 0.15) is 36.8 Å². The second-order valence-electron chi connectivity index (χ2n) is 10.6. The molecular formula is C31H26ClNO6. The lowest BCUT2D eigenvalue weighted by Crippen LogP contribution is -2.39. The summed E-state index contributed by atoms with van der Waals surface area (Å²) in [6, 6.07) is 10.1. The van der Waals surface area contributed by atoms with Crippen LogP contribution in [0.15, 0.2) is 70.8 Å². The number of hydrogen-bond donors (Lipinski definition) is 1. The molecule has 1 saturated heterocycles. The number of aromatic hydroxyl groups is 1. The van der Waals surface area contributed by atoms with Gasteiger partial charge < -0.3 is 9.84 Å². The number of phenols is 1. The number of hydrogen-bond acceptors (Lipinski definition) is 6. The molecule has 6 rings (SSSR count). The van der Waals surface area contributed by atoms with Gasteiger partial charge in [0.1, 0.15) is 0 Å². The Kier molecular flexibility index (Phi) is 5.88. The fourth-order valence-electron chi connectivity index (χ4n) is 6.63. The molecule has 4 atom stereocenters. The van der Waals surface area contributed by atoms with Gasteiger partial charge in [0.05, 0.1) is 24.6 Å². The molecule has 2 aromatic rings. The molecular weight excluding hydrogens is 518 g/mol. The number of imide groups is 1. The molecule has 1 N–H and O–H groups in total. The van der Waals surface area contributed by atoms with Gasteiger partial charge in [-0.15, -0.1) is 0 Å². The smallest absolute Gasteiger partial charge is 0.238 e. The van der Waals surface area contributed by atoms with Crippen molar-refractivity contribution < 1.29 is 29.0 Å². The number of para-hydroxylation sites is 1. The van der Waals surface area contributed by atoms with Gasteiger partial charge >= 0.3 is 0 Å². The number of carbonyl (C=O) groups is 4. The SMILES string of the molecule is COc1cccc([C@H]2C3=CC[C@@H]4C(=O)N(c5ccc(C)c(Cl)c5)C(=O)[C@@H]4[C@@H]3CC3=C2C(=O)C(C)=CC3=O)c1O. The summed E-state index contributed by atoms with van der Waals surface area (Å²) in [5.74, 6) is -3.64. The van der Waals surface area contributed by atoms with Crippen LogP contribution in [-0.4, -0.2) is 35.6 Å². The van der Waals surface area contributed by atoms with E-state index in [0.29, 0.717) is 39.4 Å². The van der Waals surface area contributed by atoms with Gasteiger partial charge in [0.2, 0.25) is 11.8 Å². The fraction of sp³-hybridized carbons (Fsp3) is 0.290. The van der Waals surface area contributed by atoms with Crippen molar-refractivity contribution in [1.29, 1.82) is 0 Å². The Morgan fingerprint density at radius 1 is 1.03 bits per heavy atom. The molecule has 0 unspecified atom stereocenters. The maximum absolute atomic E-state index is 14.0. The number of phenolic OH excluding ortho intramolecular Hbond substituents is 1. The van der Waals surface area contributed by atoms with Crippen LogP contribution in [-0.2, 0) is 19.2 Å². The summed E-state index contributed by atoms with van der Waals surface area (Å²) in [4.78, 5) is 55.5. The molecule has 2 aromatic carbocycles. The van der Waals surface area contributed by atoms with E-state index in [9.17, 15) is 24.3 Å². The summed E-state index contributed by atoms with van der Waals surface area (Å²) in [6.45, 7) is 3.45. The van der Waals surface area contributed by atoms with Gasteiger partial charge in [0.15, 0.2) is 23.1 Å². The molecule has 1 heterocycles. The number of rotatable bonds is 3. The normalized spacial score (nSPS) is 26.2. The Labute approximate surface area is 230 Å². The van der Waals surface area contributed by atoms with Crippen LogP contribution >= 0.6 is 11.6 Å². The molecule has 0 aromatic heterocycles. The maximum Gasteiger partial charge on any atom is 0.238 e. The number of anilines is 1. The van der Waals surface area contributed by atoms with E-state index in [2.05, 4.69) is 0 Å². The van der Waals surface area contributed by atoms with Gasteiger partial charge in [-0.1, -0.05) is 41.4 Å². The van der Waals surface area contributed by atoms with Crippen molar-refractivity contribution in [2.24, 2.45) is 17.8 Å². The molecule has 0 spiro atoms. The number of amides is 2. The van der Waals surface area contributed by atoms with Gasteiger partial charge in [0.25, 0.3) is 0 Å². The second kappa shape index (κ2) is 9.06. The molecule has 1 fully saturated rings. The topological polar surface area (TPSA) is 101 Å². The summed E-state index contributed by atoms with van der Waals surface area (Å²) < 4.78 is 5.33. The third kappa shape index (κ3) is 3.63. The molecule has 0 saturated carbocycles. The summed E-state index contributed by atoms with van der Waals surface area (Å²) in [5, 5.41) is 11.6. The molecule has 0 bridgehead atoms. The first-order valence-electron chi connectivity index (χ1n) is 12.8. The van der Waals surface area contributed by atoms with Crippen molar-refractivity contribution in [2.45, 2.75) is 32.6 Å². The average molecular weight is 544 g/mol. The highest BCUT2D eigenvalue weighted by Crippen LogP contribution is 2.57. The van der Waals surface area contributed by atoms with Crippen molar-refractivity contribution in [2.75, 3.05) is 12.0 Å². The van der Waals surface area contributed by atoms with Crippen molar-refractivity contribution in [3.05, 3.63) is 87.0 Å². The predicted octanol–water partition coefficient (Wildman–Crippen LogP) is 5.00. The van der Waals surface area contributed by atoms with E-state index in [1.165, 1.54) is 18.1 Å². The number of fused-ring (bicyclic) bond motifs is 3. The summed E-state index contributed by atoms with van der Waals surface area (Å²) in [7, 11) is 1.44. The highest BCUT2D eigenvalue weighted by molar-refractivity contribution is 6.32. The molecule has 3 aliphatic carbocycles. The third-order valence-electron chi connectivity index (χ3n) is 8.54. The zero-order valence-electron chi connectivity index (χ0n) is 21.7. The number of allylic oxidation sites excluding steroid dienone is 6. The standard InChI is InChI=1S/C31H26ClNO6/c1-14-7-8-16(12-22(14)32)33-30(37)19-10-9-17-20(26(19)31(33)38)13-21-23(34)11-15(2)28(35)27(21)25(17)18-5-4-6-24(39-3)29(18)36/h4-9,11-12,19-20,25-26,36H,10,13H2,1-3H3/t19-,20+,25+,26-/m0/s1. The summed E-state index contributed by atoms with van der Waals surface area (Å²) in [5.41, 5.74) is 3.41. The number of benzene rings is 2. The van der Waals surface area contributed by atoms with Crippen LogP contribution in [0.3, 0.4) is 0 Å². The van der Waals surface area contributed by atoms with E-state index < -0.39 is 23.7 Å². The van der Waals surface area contributed by atoms with Crippen molar-refractivity contribution in [3.63, 3.8) is 0 Å². The van der Waals surface area contributed by atoms with E-state index in [1.54, 1.807) is 43.3 Å². The number of carbonyl (C=O) groups excluding carboxylic acids is 4. The van der Waals surface area contributed by atoms with Crippen LogP contribution in [0.2, 0.25) is 5.02 Å². The zero-order chi connectivity index (χ0) is 27.7. The Morgan fingerprint density at radius 2 is 1.79 bits per heavy atom. The van der Waals surface area contributed by atoms with Gasteiger partial charge in [-0.05, 0) is 62.4 Å². The van der Waals surface area contributed by atoms with E-state index in [0.717, 1.165) is 11.1 Å². The van der Waals surface area contributed by atoms with E-state index in [-0.39, 0.29) is 41.3 Å². The van der Waals surface area contributed by atoms with Gasteiger partial charge in [0, 0.05) is 33.2 Å². The maximum atomic E-state index is 14.0. The quantitative estimate of drug-likeness (QED) is 0.332. The van der Waals surface area contributed by atoms with Gasteiger partial charge in [-0.25, -0.2) is 4.90 Å². The van der Waals surface area contributed by atoms with Crippen molar-refractivity contribution in [1.82, 2.24) is 0 Å². The Balaban J connectivity index is 1.50. The summed E-state index contributed by atoms with van der Waals surface area (Å²) in [6.07, 6.45) is 3.72. The highest BCUT2D eigenvalue weighted by atomic mass is 35.5. The Bertz CT molecular complexity index is 1600. The molecule has 8 heteroatoms. The molecule has 0 radical (unpaired) electrons. The van der Waals surface area contributed by atoms with Crippen LogP contribution < -0.4 is 9.64 Å². The van der Waals surface area contributed by atoms with Gasteiger partial charge in [-0.3, -0.25) is 19.2 Å². The minimum Gasteiger partial charge on any atom is -0.504 e. The number of methoxy groups -OCH3 is 1. The fourth-order valence-corrected chi connectivity index (χ4v) is 6.80. The first-order chi connectivity index (χ1) is 18.6. The summed E-state index contributed by atoms with van der Waals surface area (Å²) >= 11 is 6.32. The minimum absolute atomic E-state index is 0.127. The largest absolute Gasteiger partial charge is 0.504 e. The van der Waals surface area contributed by atoms with Crippen molar-refractivity contribution >= 4 is 40.7 Å². The Morgan fingerprint density at radius 3 is 2.51 bits per heavy atom. The van der Waals surface area contributed by atoms with Crippen LogP contribution in [0.5, 0.6) is 11.5 Å². The Hall–Kier alpha value is -3.97. The molecule has 39 heavy (non-hydrogen) atoms. The van der Waals surface area contributed by atoms with E-state index >= 15 is 0 Å². The predicted molar refractivity (Wildman–Crippen MR) is 145 cm³/mol. The minimum atomic E-state index is -0.749. The zero-order valence-corrected chi connectivity index (χ0v) is 22.4. The number of halogens is 1. The van der Waals surface area contributed by atoms with Crippen LogP contribution in [0.4, 0.5) is 5.69 Å². The van der Waals surface area contributed by atoms with E-state index in [1.807, 2.05) is 13.0 Å². The molecule has 1 aliphatic heterocycles. The first kappa shape index (κ1) is 25.3.